The second-order valence-electron chi connectivity index (χ2n) is 3.54. The second kappa shape index (κ2) is 5.08. The van der Waals surface area contributed by atoms with Crippen molar-refractivity contribution in [3.05, 3.63) is 0 Å². The van der Waals surface area contributed by atoms with E-state index in [4.69, 9.17) is 10.8 Å². The minimum Gasteiger partial charge on any atom is -0.395 e. The molecule has 0 aromatic rings. The van der Waals surface area contributed by atoms with Gasteiger partial charge in [-0.05, 0) is 18.8 Å². The predicted octanol–water partition coefficient (Wildman–Crippen LogP) is 1.55. The molecule has 1 saturated carbocycles. The highest BCUT2D eigenvalue weighted by Gasteiger charge is 2.36. The number of nitrogens with two attached hydrogens (primary N) is 1. The van der Waals surface area contributed by atoms with Gasteiger partial charge in [-0.25, -0.2) is 8.78 Å². The molecule has 1 atom stereocenters. The maximum atomic E-state index is 12.6. The Bertz CT molecular complexity index is 147. The second-order valence-corrected chi connectivity index (χ2v) is 3.54. The molecule has 0 aliphatic heterocycles. The van der Waals surface area contributed by atoms with E-state index < -0.39 is 5.92 Å². The minimum absolute atomic E-state index is 0. The van der Waals surface area contributed by atoms with Crippen LogP contribution in [0.3, 0.4) is 0 Å². The van der Waals surface area contributed by atoms with Gasteiger partial charge in [0.05, 0.1) is 6.61 Å². The first-order chi connectivity index (χ1) is 5.55. The number of hydrogen-bond donors (Lipinski definition) is 2. The summed E-state index contributed by atoms with van der Waals surface area (Å²) in [5.41, 5.74) is 5.54. The Kier molecular flexibility index (Phi) is 5.10. The number of hydrogen-bond acceptors (Lipinski definition) is 2. The molecule has 0 aromatic carbocycles. The lowest BCUT2D eigenvalue weighted by atomic mass is 9.83. The van der Waals surface area contributed by atoms with E-state index >= 15 is 0 Å². The number of aliphatic hydroxyl groups excluding tert-OH is 1. The Balaban J connectivity index is 0.00000144. The standard InChI is InChI=1S/C8H15F2NO.ClH/c9-8(10)3-1-6(2-4-8)7(11)5-12;/h6-7,12H,1-5,11H2;1H. The van der Waals surface area contributed by atoms with Gasteiger partial charge in [0.15, 0.2) is 0 Å². The SMILES string of the molecule is Cl.NC(CO)C1CCC(F)(F)CC1. The molecule has 2 nitrogen and oxygen atoms in total. The summed E-state index contributed by atoms with van der Waals surface area (Å²) in [7, 11) is 0. The average molecular weight is 216 g/mol. The average Bonchev–Trinajstić information content (AvgIpc) is 2.03. The molecule has 13 heavy (non-hydrogen) atoms. The van der Waals surface area contributed by atoms with E-state index in [-0.39, 0.29) is 43.8 Å². The van der Waals surface area contributed by atoms with Gasteiger partial charge in [0, 0.05) is 18.9 Å². The molecule has 0 radical (unpaired) electrons. The fourth-order valence-electron chi connectivity index (χ4n) is 1.64. The number of rotatable bonds is 2. The van der Waals surface area contributed by atoms with Gasteiger partial charge in [0.1, 0.15) is 0 Å². The lowest BCUT2D eigenvalue weighted by molar-refractivity contribution is -0.0499. The van der Waals surface area contributed by atoms with E-state index in [0.717, 1.165) is 0 Å². The molecule has 0 bridgehead atoms. The summed E-state index contributed by atoms with van der Waals surface area (Å²) in [6, 6.07) is -0.318. The third-order valence-corrected chi connectivity index (χ3v) is 2.58. The summed E-state index contributed by atoms with van der Waals surface area (Å²) < 4.78 is 25.3. The van der Waals surface area contributed by atoms with Crippen molar-refractivity contribution >= 4 is 12.4 Å². The Labute approximate surface area is 82.9 Å². The molecule has 0 saturated heterocycles. The van der Waals surface area contributed by atoms with Gasteiger partial charge in [-0.15, -0.1) is 12.4 Å². The molecule has 0 amide bonds. The highest BCUT2D eigenvalue weighted by Crippen LogP contribution is 2.36. The van der Waals surface area contributed by atoms with Gasteiger partial charge in [-0.2, -0.15) is 0 Å². The van der Waals surface area contributed by atoms with Crippen molar-refractivity contribution in [2.24, 2.45) is 11.7 Å². The smallest absolute Gasteiger partial charge is 0.248 e. The van der Waals surface area contributed by atoms with E-state index in [2.05, 4.69) is 0 Å². The molecule has 0 spiro atoms. The number of alkyl halides is 2. The van der Waals surface area contributed by atoms with E-state index in [1.165, 1.54) is 0 Å². The quantitative estimate of drug-likeness (QED) is 0.734. The zero-order valence-electron chi connectivity index (χ0n) is 7.38. The van der Waals surface area contributed by atoms with Crippen LogP contribution < -0.4 is 5.73 Å². The molecule has 0 aromatic heterocycles. The molecule has 1 rings (SSSR count). The van der Waals surface area contributed by atoms with Crippen LogP contribution in [-0.2, 0) is 0 Å². The van der Waals surface area contributed by atoms with Gasteiger partial charge in [0.25, 0.3) is 0 Å². The van der Waals surface area contributed by atoms with Gasteiger partial charge in [0.2, 0.25) is 5.92 Å². The zero-order chi connectivity index (χ0) is 9.19. The summed E-state index contributed by atoms with van der Waals surface area (Å²) in [5, 5.41) is 8.70. The van der Waals surface area contributed by atoms with Gasteiger partial charge in [-0.3, -0.25) is 0 Å². The van der Waals surface area contributed by atoms with Gasteiger partial charge in [-0.1, -0.05) is 0 Å². The van der Waals surface area contributed by atoms with E-state index in [0.29, 0.717) is 12.8 Å². The summed E-state index contributed by atoms with van der Waals surface area (Å²) in [5.74, 6) is -2.42. The maximum absolute atomic E-state index is 12.6. The first-order valence-corrected chi connectivity index (χ1v) is 4.29. The largest absolute Gasteiger partial charge is 0.395 e. The Hall–Kier alpha value is 0.0700. The van der Waals surface area contributed by atoms with Crippen molar-refractivity contribution in [1.29, 1.82) is 0 Å². The van der Waals surface area contributed by atoms with E-state index in [9.17, 15) is 8.78 Å². The van der Waals surface area contributed by atoms with Crippen LogP contribution in [0.2, 0.25) is 0 Å². The third-order valence-electron chi connectivity index (χ3n) is 2.58. The third kappa shape index (κ3) is 3.75. The van der Waals surface area contributed by atoms with Crippen LogP contribution in [0, 0.1) is 5.92 Å². The lowest BCUT2D eigenvalue weighted by Gasteiger charge is -2.30. The highest BCUT2D eigenvalue weighted by atomic mass is 35.5. The molecular weight excluding hydrogens is 200 g/mol. The lowest BCUT2D eigenvalue weighted by Crippen LogP contribution is -2.38. The first-order valence-electron chi connectivity index (χ1n) is 4.29. The first kappa shape index (κ1) is 13.1. The van der Waals surface area contributed by atoms with E-state index in [1.54, 1.807) is 0 Å². The van der Waals surface area contributed by atoms with Crippen LogP contribution >= 0.6 is 12.4 Å². The number of aliphatic hydroxyl groups is 1. The van der Waals surface area contributed by atoms with Crippen molar-refractivity contribution in [3.8, 4) is 0 Å². The molecular formula is C8H16ClF2NO. The van der Waals surface area contributed by atoms with Crippen molar-refractivity contribution in [2.45, 2.75) is 37.6 Å². The monoisotopic (exact) mass is 215 g/mol. The van der Waals surface area contributed by atoms with Crippen molar-refractivity contribution in [3.63, 3.8) is 0 Å². The molecule has 1 fully saturated rings. The van der Waals surface area contributed by atoms with Crippen LogP contribution in [0.5, 0.6) is 0 Å². The van der Waals surface area contributed by atoms with Gasteiger partial charge < -0.3 is 10.8 Å². The number of halogens is 3. The Morgan fingerprint density at radius 3 is 2.23 bits per heavy atom. The molecule has 1 unspecified atom stereocenters. The molecule has 0 heterocycles. The summed E-state index contributed by atoms with van der Waals surface area (Å²) in [6.07, 6.45) is 0.722. The molecule has 5 heteroatoms. The molecule has 80 valence electrons. The van der Waals surface area contributed by atoms with Crippen LogP contribution in [0.1, 0.15) is 25.7 Å². The fourth-order valence-corrected chi connectivity index (χ4v) is 1.64. The van der Waals surface area contributed by atoms with Crippen LogP contribution in [0.4, 0.5) is 8.78 Å². The predicted molar refractivity (Wildman–Crippen MR) is 49.2 cm³/mol. The van der Waals surface area contributed by atoms with Crippen molar-refractivity contribution in [2.75, 3.05) is 6.61 Å². The highest BCUT2D eigenvalue weighted by molar-refractivity contribution is 5.85. The Morgan fingerprint density at radius 2 is 1.85 bits per heavy atom. The van der Waals surface area contributed by atoms with E-state index in [1.807, 2.05) is 0 Å². The minimum atomic E-state index is -2.49. The zero-order valence-corrected chi connectivity index (χ0v) is 8.20. The maximum Gasteiger partial charge on any atom is 0.248 e. The van der Waals surface area contributed by atoms with Gasteiger partial charge >= 0.3 is 0 Å². The molecule has 1 aliphatic carbocycles. The van der Waals surface area contributed by atoms with Crippen LogP contribution in [0.25, 0.3) is 0 Å². The topological polar surface area (TPSA) is 46.2 Å². The van der Waals surface area contributed by atoms with Crippen molar-refractivity contribution in [1.82, 2.24) is 0 Å². The molecule has 1 aliphatic rings. The van der Waals surface area contributed by atoms with Crippen LogP contribution in [-0.4, -0.2) is 23.7 Å². The van der Waals surface area contributed by atoms with Crippen LogP contribution in [0.15, 0.2) is 0 Å². The Morgan fingerprint density at radius 1 is 1.38 bits per heavy atom. The van der Waals surface area contributed by atoms with Crippen molar-refractivity contribution < 1.29 is 13.9 Å². The fraction of sp³-hybridized carbons (Fsp3) is 1.00. The summed E-state index contributed by atoms with van der Waals surface area (Å²) >= 11 is 0. The summed E-state index contributed by atoms with van der Waals surface area (Å²) in [4.78, 5) is 0. The molecule has 3 N–H and O–H groups in total. The normalized spacial score (nSPS) is 24.9. The summed E-state index contributed by atoms with van der Waals surface area (Å²) in [6.45, 7) is -0.101.